The highest BCUT2D eigenvalue weighted by Gasteiger charge is 2.48. The first-order chi connectivity index (χ1) is 9.18. The molecule has 4 heteroatoms. The van der Waals surface area contributed by atoms with Gasteiger partial charge < -0.3 is 15.2 Å². The fourth-order valence-electron chi connectivity index (χ4n) is 3.32. The molecule has 2 aliphatic rings. The van der Waals surface area contributed by atoms with Crippen LogP contribution in [0.15, 0.2) is 24.3 Å². The second kappa shape index (κ2) is 5.10. The SMILES string of the molecule is O[C@@]12CCCO[C@@H]1CCC[C@H]2Nc1ccc(F)cc1. The summed E-state index contributed by atoms with van der Waals surface area (Å²) in [6.07, 6.45) is 4.51. The van der Waals surface area contributed by atoms with Crippen LogP contribution in [-0.4, -0.2) is 29.5 Å². The Labute approximate surface area is 112 Å². The van der Waals surface area contributed by atoms with Gasteiger partial charge in [0.15, 0.2) is 0 Å². The van der Waals surface area contributed by atoms with Crippen LogP contribution in [0.3, 0.4) is 0 Å². The fraction of sp³-hybridized carbons (Fsp3) is 0.600. The van der Waals surface area contributed by atoms with Gasteiger partial charge in [0.25, 0.3) is 0 Å². The summed E-state index contributed by atoms with van der Waals surface area (Å²) in [5, 5.41) is 14.3. The number of anilines is 1. The van der Waals surface area contributed by atoms with Gasteiger partial charge in [-0.3, -0.25) is 0 Å². The number of ether oxygens (including phenoxy) is 1. The maximum absolute atomic E-state index is 12.9. The van der Waals surface area contributed by atoms with E-state index in [2.05, 4.69) is 5.32 Å². The van der Waals surface area contributed by atoms with E-state index in [1.54, 1.807) is 12.1 Å². The van der Waals surface area contributed by atoms with E-state index in [4.69, 9.17) is 4.74 Å². The summed E-state index contributed by atoms with van der Waals surface area (Å²) in [6.45, 7) is 0.746. The lowest BCUT2D eigenvalue weighted by Gasteiger charge is -2.48. The summed E-state index contributed by atoms with van der Waals surface area (Å²) >= 11 is 0. The average Bonchev–Trinajstić information content (AvgIpc) is 2.42. The Kier molecular flexibility index (Phi) is 3.46. The summed E-state index contributed by atoms with van der Waals surface area (Å²) in [5.74, 6) is -0.244. The van der Waals surface area contributed by atoms with Gasteiger partial charge in [0.05, 0.1) is 12.1 Å². The lowest BCUT2D eigenvalue weighted by molar-refractivity contribution is -0.168. The van der Waals surface area contributed by atoms with Gasteiger partial charge in [-0.15, -0.1) is 0 Å². The van der Waals surface area contributed by atoms with Crippen molar-refractivity contribution in [2.75, 3.05) is 11.9 Å². The molecule has 1 aliphatic heterocycles. The Hall–Kier alpha value is -1.13. The molecule has 0 amide bonds. The van der Waals surface area contributed by atoms with Crippen LogP contribution in [0.25, 0.3) is 0 Å². The highest BCUT2D eigenvalue weighted by atomic mass is 19.1. The Morgan fingerprint density at radius 3 is 2.79 bits per heavy atom. The average molecular weight is 265 g/mol. The van der Waals surface area contributed by atoms with Crippen molar-refractivity contribution in [1.29, 1.82) is 0 Å². The zero-order valence-electron chi connectivity index (χ0n) is 10.9. The summed E-state index contributed by atoms with van der Waals surface area (Å²) in [7, 11) is 0. The van der Waals surface area contributed by atoms with E-state index < -0.39 is 5.60 Å². The summed E-state index contributed by atoms with van der Waals surface area (Å²) < 4.78 is 18.6. The van der Waals surface area contributed by atoms with Crippen molar-refractivity contribution >= 4 is 5.69 Å². The second-order valence-electron chi connectivity index (χ2n) is 5.59. The minimum Gasteiger partial charge on any atom is -0.385 e. The van der Waals surface area contributed by atoms with E-state index in [0.29, 0.717) is 0 Å². The van der Waals surface area contributed by atoms with Gasteiger partial charge in [0.1, 0.15) is 11.4 Å². The first-order valence-corrected chi connectivity index (χ1v) is 7.04. The quantitative estimate of drug-likeness (QED) is 0.864. The third-order valence-electron chi connectivity index (χ3n) is 4.35. The Bertz CT molecular complexity index is 434. The predicted octanol–water partition coefficient (Wildman–Crippen LogP) is 2.70. The van der Waals surface area contributed by atoms with Gasteiger partial charge in [0.2, 0.25) is 0 Å². The molecule has 1 aromatic carbocycles. The predicted molar refractivity (Wildman–Crippen MR) is 71.6 cm³/mol. The zero-order valence-corrected chi connectivity index (χ0v) is 10.9. The molecule has 3 rings (SSSR count). The van der Waals surface area contributed by atoms with Crippen LogP contribution in [-0.2, 0) is 4.74 Å². The van der Waals surface area contributed by atoms with Gasteiger partial charge in [-0.25, -0.2) is 4.39 Å². The number of benzene rings is 1. The third-order valence-corrected chi connectivity index (χ3v) is 4.35. The molecule has 0 spiro atoms. The molecule has 0 unspecified atom stereocenters. The minimum absolute atomic E-state index is 0.0167. The topological polar surface area (TPSA) is 41.5 Å². The first kappa shape index (κ1) is 12.9. The highest BCUT2D eigenvalue weighted by Crippen LogP contribution is 2.39. The third kappa shape index (κ3) is 2.47. The molecule has 0 radical (unpaired) electrons. The molecule has 19 heavy (non-hydrogen) atoms. The molecule has 1 saturated heterocycles. The number of rotatable bonds is 2. The lowest BCUT2D eigenvalue weighted by Crippen LogP contribution is -2.60. The van der Waals surface area contributed by atoms with Crippen LogP contribution in [0.1, 0.15) is 32.1 Å². The van der Waals surface area contributed by atoms with E-state index >= 15 is 0 Å². The van der Waals surface area contributed by atoms with Crippen molar-refractivity contribution in [2.45, 2.75) is 49.9 Å². The number of nitrogens with one attached hydrogen (secondary N) is 1. The number of aliphatic hydroxyl groups is 1. The van der Waals surface area contributed by atoms with Crippen LogP contribution >= 0.6 is 0 Å². The van der Waals surface area contributed by atoms with Crippen molar-refractivity contribution in [3.05, 3.63) is 30.1 Å². The van der Waals surface area contributed by atoms with Crippen molar-refractivity contribution in [3.8, 4) is 0 Å². The summed E-state index contributed by atoms with van der Waals surface area (Å²) in [4.78, 5) is 0. The number of hydrogen-bond donors (Lipinski definition) is 2. The maximum Gasteiger partial charge on any atom is 0.123 e. The molecule has 1 saturated carbocycles. The highest BCUT2D eigenvalue weighted by molar-refractivity contribution is 5.44. The van der Waals surface area contributed by atoms with Crippen LogP contribution < -0.4 is 5.32 Å². The zero-order chi connectivity index (χ0) is 13.3. The largest absolute Gasteiger partial charge is 0.385 e. The van der Waals surface area contributed by atoms with Gasteiger partial charge in [-0.1, -0.05) is 0 Å². The van der Waals surface area contributed by atoms with E-state index in [1.807, 2.05) is 0 Å². The molecular formula is C15H20FNO2. The van der Waals surface area contributed by atoms with Crippen molar-refractivity contribution < 1.29 is 14.2 Å². The second-order valence-corrected chi connectivity index (χ2v) is 5.59. The summed E-state index contributed by atoms with van der Waals surface area (Å²) in [5.41, 5.74) is 0.0660. The Balaban J connectivity index is 1.77. The molecule has 0 aromatic heterocycles. The monoisotopic (exact) mass is 265 g/mol. The van der Waals surface area contributed by atoms with Crippen LogP contribution in [0, 0.1) is 5.82 Å². The van der Waals surface area contributed by atoms with Crippen LogP contribution in [0.4, 0.5) is 10.1 Å². The van der Waals surface area contributed by atoms with Crippen molar-refractivity contribution in [1.82, 2.24) is 0 Å². The van der Waals surface area contributed by atoms with Gasteiger partial charge >= 0.3 is 0 Å². The lowest BCUT2D eigenvalue weighted by atomic mass is 9.74. The molecule has 1 aliphatic carbocycles. The molecule has 2 N–H and O–H groups in total. The van der Waals surface area contributed by atoms with Crippen molar-refractivity contribution in [2.24, 2.45) is 0 Å². The smallest absolute Gasteiger partial charge is 0.123 e. The molecular weight excluding hydrogens is 245 g/mol. The molecule has 1 aromatic rings. The molecule has 1 heterocycles. The first-order valence-electron chi connectivity index (χ1n) is 7.04. The Morgan fingerprint density at radius 2 is 2.00 bits per heavy atom. The molecule has 3 nitrogen and oxygen atoms in total. The van der Waals surface area contributed by atoms with E-state index in [0.717, 1.165) is 44.4 Å². The standard InChI is InChI=1S/C15H20FNO2/c16-11-5-7-12(8-6-11)17-13-3-1-4-14-15(13,18)9-2-10-19-14/h5-8,13-14,17-18H,1-4,9-10H2/t13-,14-,15-/m1/s1. The maximum atomic E-state index is 12.9. The summed E-state index contributed by atoms with van der Waals surface area (Å²) in [6, 6.07) is 6.28. The normalized spacial score (nSPS) is 34.6. The van der Waals surface area contributed by atoms with Gasteiger partial charge in [-0.05, 0) is 56.4 Å². The number of fused-ring (bicyclic) bond motifs is 1. The molecule has 2 fully saturated rings. The molecule has 3 atom stereocenters. The van der Waals surface area contributed by atoms with Crippen LogP contribution in [0.2, 0.25) is 0 Å². The van der Waals surface area contributed by atoms with Crippen LogP contribution in [0.5, 0.6) is 0 Å². The fourth-order valence-corrected chi connectivity index (χ4v) is 3.32. The van der Waals surface area contributed by atoms with E-state index in [-0.39, 0.29) is 18.0 Å². The number of halogens is 1. The number of hydrogen-bond acceptors (Lipinski definition) is 3. The van der Waals surface area contributed by atoms with E-state index in [9.17, 15) is 9.50 Å². The Morgan fingerprint density at radius 1 is 1.21 bits per heavy atom. The minimum atomic E-state index is -0.787. The molecule has 104 valence electrons. The van der Waals surface area contributed by atoms with Crippen molar-refractivity contribution in [3.63, 3.8) is 0 Å². The van der Waals surface area contributed by atoms with Gasteiger partial charge in [-0.2, -0.15) is 0 Å². The van der Waals surface area contributed by atoms with Gasteiger partial charge in [0, 0.05) is 12.3 Å². The van der Waals surface area contributed by atoms with E-state index in [1.165, 1.54) is 12.1 Å². The molecule has 0 bridgehead atoms.